The van der Waals surface area contributed by atoms with Crippen LogP contribution in [0.25, 0.3) is 0 Å². The lowest BCUT2D eigenvalue weighted by Crippen LogP contribution is -2.32. The molecule has 23 heavy (non-hydrogen) atoms. The third-order valence-electron chi connectivity index (χ3n) is 3.13. The Morgan fingerprint density at radius 1 is 1.22 bits per heavy atom. The van der Waals surface area contributed by atoms with Crippen LogP contribution in [0, 0.1) is 0 Å². The van der Waals surface area contributed by atoms with E-state index in [1.165, 1.54) is 18.2 Å². The molecule has 1 amide bonds. The van der Waals surface area contributed by atoms with Crippen LogP contribution in [0.1, 0.15) is 23.7 Å². The fraction of sp³-hybridized carbons (Fsp3) is 0.176. The normalized spacial score (nSPS) is 11.6. The Bertz CT molecular complexity index is 703. The van der Waals surface area contributed by atoms with Crippen molar-refractivity contribution in [1.29, 1.82) is 0 Å². The van der Waals surface area contributed by atoms with Gasteiger partial charge in [0.25, 0.3) is 5.91 Å². The average Bonchev–Trinajstić information content (AvgIpc) is 2.53. The molecule has 120 valence electrons. The van der Waals surface area contributed by atoms with Gasteiger partial charge in [0.2, 0.25) is 0 Å². The molecule has 1 atom stereocenters. The summed E-state index contributed by atoms with van der Waals surface area (Å²) in [6, 6.07) is 12.9. The minimum atomic E-state index is -0.960. The zero-order valence-electron chi connectivity index (χ0n) is 12.5. The molecule has 0 radical (unpaired) electrons. The lowest BCUT2D eigenvalue weighted by atomic mass is 10.2. The number of phenolic OH excluding ortho intramolecular Hbond substituents is 1. The third-order valence-corrected chi connectivity index (χ3v) is 3.37. The Labute approximate surface area is 138 Å². The number of aromatic hydroxyl groups is 1. The fourth-order valence-electron chi connectivity index (χ4n) is 1.94. The first kappa shape index (κ1) is 16.8. The van der Waals surface area contributed by atoms with Crippen LogP contribution in [-0.2, 0) is 9.53 Å². The summed E-state index contributed by atoms with van der Waals surface area (Å²) in [6.45, 7) is 1.73. The molecule has 2 aromatic rings. The Kier molecular flexibility index (Phi) is 5.60. The van der Waals surface area contributed by atoms with Gasteiger partial charge in [0, 0.05) is 10.7 Å². The number of carbonyl (C=O) groups is 2. The second-order valence-electron chi connectivity index (χ2n) is 4.82. The van der Waals surface area contributed by atoms with E-state index in [0.717, 1.165) is 0 Å². The van der Waals surface area contributed by atoms with Crippen molar-refractivity contribution in [2.75, 3.05) is 5.32 Å². The summed E-state index contributed by atoms with van der Waals surface area (Å²) in [4.78, 5) is 24.3. The molecule has 0 saturated carbocycles. The van der Waals surface area contributed by atoms with Crippen LogP contribution >= 0.6 is 11.6 Å². The lowest BCUT2D eigenvalue weighted by molar-refractivity contribution is -0.124. The molecular formula is C17H16ClNO4. The molecule has 1 unspecified atom stereocenters. The maximum Gasteiger partial charge on any atom is 0.342 e. The molecule has 5 nitrogen and oxygen atoms in total. The summed E-state index contributed by atoms with van der Waals surface area (Å²) < 4.78 is 5.19. The van der Waals surface area contributed by atoms with Gasteiger partial charge in [0.05, 0.1) is 0 Å². The zero-order chi connectivity index (χ0) is 16.8. The van der Waals surface area contributed by atoms with Gasteiger partial charge >= 0.3 is 5.97 Å². The van der Waals surface area contributed by atoms with Crippen LogP contribution in [0.4, 0.5) is 5.69 Å². The van der Waals surface area contributed by atoms with Crippen molar-refractivity contribution in [3.63, 3.8) is 0 Å². The first-order valence-corrected chi connectivity index (χ1v) is 7.44. The number of para-hydroxylation sites is 1. The van der Waals surface area contributed by atoms with Gasteiger partial charge in [-0.15, -0.1) is 0 Å². The summed E-state index contributed by atoms with van der Waals surface area (Å²) in [5, 5.41) is 12.7. The van der Waals surface area contributed by atoms with E-state index in [9.17, 15) is 14.7 Å². The highest BCUT2D eigenvalue weighted by Crippen LogP contribution is 2.23. The molecule has 0 aliphatic rings. The molecule has 0 bridgehead atoms. The van der Waals surface area contributed by atoms with Gasteiger partial charge in [-0.3, -0.25) is 4.79 Å². The van der Waals surface area contributed by atoms with Crippen LogP contribution in [0.15, 0.2) is 48.5 Å². The SMILES string of the molecule is CCC(OC(=O)c1ccc(Cl)cc1O)C(=O)Nc1ccccc1. The van der Waals surface area contributed by atoms with Crippen molar-refractivity contribution in [2.45, 2.75) is 19.4 Å². The van der Waals surface area contributed by atoms with Crippen LogP contribution in [0.3, 0.4) is 0 Å². The first-order valence-electron chi connectivity index (χ1n) is 7.06. The summed E-state index contributed by atoms with van der Waals surface area (Å²) >= 11 is 5.72. The predicted molar refractivity (Wildman–Crippen MR) is 87.7 cm³/mol. The van der Waals surface area contributed by atoms with Crippen molar-refractivity contribution in [1.82, 2.24) is 0 Å². The smallest absolute Gasteiger partial charge is 0.342 e. The maximum atomic E-state index is 12.2. The van der Waals surface area contributed by atoms with E-state index in [1.54, 1.807) is 31.2 Å². The molecule has 2 aromatic carbocycles. The molecule has 0 spiro atoms. The van der Waals surface area contributed by atoms with Crippen molar-refractivity contribution in [3.05, 3.63) is 59.1 Å². The number of ether oxygens (including phenoxy) is 1. The van der Waals surface area contributed by atoms with Gasteiger partial charge in [0.1, 0.15) is 11.3 Å². The van der Waals surface area contributed by atoms with E-state index in [-0.39, 0.29) is 11.3 Å². The van der Waals surface area contributed by atoms with Crippen LogP contribution in [0.5, 0.6) is 5.75 Å². The number of hydrogen-bond acceptors (Lipinski definition) is 4. The average molecular weight is 334 g/mol. The number of halogens is 1. The molecule has 0 aliphatic heterocycles. The van der Waals surface area contributed by atoms with E-state index in [1.807, 2.05) is 6.07 Å². The van der Waals surface area contributed by atoms with Gasteiger partial charge in [-0.05, 0) is 36.8 Å². The Balaban J connectivity index is 2.06. The van der Waals surface area contributed by atoms with Gasteiger partial charge < -0.3 is 15.2 Å². The Morgan fingerprint density at radius 3 is 2.52 bits per heavy atom. The molecule has 0 heterocycles. The monoisotopic (exact) mass is 333 g/mol. The zero-order valence-corrected chi connectivity index (χ0v) is 13.2. The molecule has 0 aliphatic carbocycles. The van der Waals surface area contributed by atoms with E-state index in [4.69, 9.17) is 16.3 Å². The van der Waals surface area contributed by atoms with Crippen molar-refractivity contribution in [3.8, 4) is 5.75 Å². The molecule has 0 saturated heterocycles. The fourth-order valence-corrected chi connectivity index (χ4v) is 2.10. The van der Waals surface area contributed by atoms with Gasteiger partial charge in [-0.2, -0.15) is 0 Å². The highest BCUT2D eigenvalue weighted by molar-refractivity contribution is 6.30. The second-order valence-corrected chi connectivity index (χ2v) is 5.26. The largest absolute Gasteiger partial charge is 0.507 e. The predicted octanol–water partition coefficient (Wildman–Crippen LogP) is 3.62. The van der Waals surface area contributed by atoms with Crippen molar-refractivity contribution < 1.29 is 19.4 Å². The molecular weight excluding hydrogens is 318 g/mol. The number of phenols is 1. The van der Waals surface area contributed by atoms with Gasteiger partial charge in [-0.25, -0.2) is 4.79 Å². The van der Waals surface area contributed by atoms with Crippen LogP contribution in [0.2, 0.25) is 5.02 Å². The minimum Gasteiger partial charge on any atom is -0.507 e. The Hall–Kier alpha value is -2.53. The lowest BCUT2D eigenvalue weighted by Gasteiger charge is -2.16. The number of nitrogens with one attached hydrogen (secondary N) is 1. The van der Waals surface area contributed by atoms with Gasteiger partial charge in [0.15, 0.2) is 6.10 Å². The first-order chi connectivity index (χ1) is 11.0. The van der Waals surface area contributed by atoms with Crippen molar-refractivity contribution >= 4 is 29.2 Å². The number of anilines is 1. The van der Waals surface area contributed by atoms with E-state index < -0.39 is 18.0 Å². The molecule has 2 N–H and O–H groups in total. The Morgan fingerprint density at radius 2 is 1.91 bits per heavy atom. The number of amides is 1. The van der Waals surface area contributed by atoms with E-state index in [0.29, 0.717) is 17.1 Å². The highest BCUT2D eigenvalue weighted by Gasteiger charge is 2.23. The summed E-state index contributed by atoms with van der Waals surface area (Å²) in [6.07, 6.45) is -0.656. The number of benzene rings is 2. The second kappa shape index (κ2) is 7.65. The van der Waals surface area contributed by atoms with Crippen molar-refractivity contribution in [2.24, 2.45) is 0 Å². The molecule has 0 fully saturated rings. The number of carbonyl (C=O) groups excluding carboxylic acids is 2. The highest BCUT2D eigenvalue weighted by atomic mass is 35.5. The third kappa shape index (κ3) is 4.47. The summed E-state index contributed by atoms with van der Waals surface area (Å²) in [5.74, 6) is -1.50. The van der Waals surface area contributed by atoms with Crippen LogP contribution in [-0.4, -0.2) is 23.1 Å². The van der Waals surface area contributed by atoms with Crippen LogP contribution < -0.4 is 5.32 Å². The molecule has 6 heteroatoms. The standard InChI is InChI=1S/C17H16ClNO4/c1-2-15(16(21)19-12-6-4-3-5-7-12)23-17(22)13-9-8-11(18)10-14(13)20/h3-10,15,20H,2H2,1H3,(H,19,21). The number of hydrogen-bond donors (Lipinski definition) is 2. The molecule has 0 aromatic heterocycles. The number of esters is 1. The van der Waals surface area contributed by atoms with E-state index in [2.05, 4.69) is 5.32 Å². The quantitative estimate of drug-likeness (QED) is 0.819. The topological polar surface area (TPSA) is 75.6 Å². The van der Waals surface area contributed by atoms with Gasteiger partial charge in [-0.1, -0.05) is 36.7 Å². The summed E-state index contributed by atoms with van der Waals surface area (Å²) in [5.41, 5.74) is 0.571. The minimum absolute atomic E-state index is 0.0413. The maximum absolute atomic E-state index is 12.2. The van der Waals surface area contributed by atoms with E-state index >= 15 is 0 Å². The number of rotatable bonds is 5. The molecule has 2 rings (SSSR count). The summed E-state index contributed by atoms with van der Waals surface area (Å²) in [7, 11) is 0.